The Morgan fingerprint density at radius 3 is 2.11 bits per heavy atom. The van der Waals surface area contributed by atoms with E-state index in [1.54, 1.807) is 0 Å². The minimum absolute atomic E-state index is 0.0620. The van der Waals surface area contributed by atoms with Gasteiger partial charge in [0.25, 0.3) is 0 Å². The van der Waals surface area contributed by atoms with Crippen LogP contribution in [-0.2, 0) is 9.59 Å². The van der Waals surface area contributed by atoms with Crippen molar-refractivity contribution < 1.29 is 19.8 Å². The van der Waals surface area contributed by atoms with Crippen LogP contribution in [0.25, 0.3) is 0 Å². The lowest BCUT2D eigenvalue weighted by Gasteiger charge is -2.36. The molecule has 0 aliphatic heterocycles. The van der Waals surface area contributed by atoms with Crippen molar-refractivity contribution in [3.63, 3.8) is 0 Å². The lowest BCUT2D eigenvalue weighted by Crippen LogP contribution is -2.26. The second kappa shape index (κ2) is 13.4. The minimum Gasteiger partial charge on any atom is -0.481 e. The topological polar surface area (TPSA) is 74.6 Å². The van der Waals surface area contributed by atoms with Gasteiger partial charge in [0.15, 0.2) is 0 Å². The van der Waals surface area contributed by atoms with Crippen LogP contribution in [0.3, 0.4) is 0 Å². The molecule has 4 heteroatoms. The molecule has 2 N–H and O–H groups in total. The molecule has 0 heterocycles. The van der Waals surface area contributed by atoms with Crippen LogP contribution < -0.4 is 0 Å². The van der Waals surface area contributed by atoms with E-state index in [4.69, 9.17) is 10.2 Å². The fourth-order valence-electron chi connectivity index (χ4n) is 3.50. The van der Waals surface area contributed by atoms with Gasteiger partial charge in [0, 0.05) is 12.3 Å². The van der Waals surface area contributed by atoms with Crippen LogP contribution in [0.4, 0.5) is 0 Å². The molecule has 0 saturated heterocycles. The van der Waals surface area contributed by atoms with Crippen molar-refractivity contribution >= 4 is 11.9 Å². The zero-order valence-electron chi connectivity index (χ0n) is 17.5. The zero-order valence-corrected chi connectivity index (χ0v) is 17.5. The van der Waals surface area contributed by atoms with Gasteiger partial charge in [0.1, 0.15) is 0 Å². The Kier molecular flexibility index (Phi) is 12.5. The van der Waals surface area contributed by atoms with Crippen molar-refractivity contribution in [2.24, 2.45) is 11.3 Å². The van der Waals surface area contributed by atoms with Gasteiger partial charge in [0.05, 0.1) is 5.57 Å². The Bertz CT molecular complexity index is 539. The Labute approximate surface area is 165 Å². The minimum atomic E-state index is -0.921. The van der Waals surface area contributed by atoms with E-state index in [-0.39, 0.29) is 16.9 Å². The van der Waals surface area contributed by atoms with Gasteiger partial charge in [-0.25, -0.2) is 4.79 Å². The molecule has 1 rings (SSSR count). The van der Waals surface area contributed by atoms with E-state index >= 15 is 0 Å². The van der Waals surface area contributed by atoms with Crippen molar-refractivity contribution in [3.05, 3.63) is 30.0 Å². The summed E-state index contributed by atoms with van der Waals surface area (Å²) in [5, 5.41) is 17.3. The maximum absolute atomic E-state index is 11.0. The Morgan fingerprint density at radius 2 is 1.67 bits per heavy atom. The lowest BCUT2D eigenvalue weighted by atomic mass is 9.69. The molecule has 0 bridgehead atoms. The molecule has 1 aliphatic carbocycles. The molecular weight excluding hydrogens is 340 g/mol. The Morgan fingerprint density at radius 1 is 1.11 bits per heavy atom. The second-order valence-corrected chi connectivity index (χ2v) is 8.25. The van der Waals surface area contributed by atoms with E-state index in [1.165, 1.54) is 32.1 Å². The van der Waals surface area contributed by atoms with E-state index in [0.717, 1.165) is 37.7 Å². The summed E-state index contributed by atoms with van der Waals surface area (Å²) in [6.07, 6.45) is 11.4. The molecule has 1 fully saturated rings. The molecule has 1 saturated carbocycles. The first-order valence-corrected chi connectivity index (χ1v) is 10.2. The van der Waals surface area contributed by atoms with Gasteiger partial charge in [-0.15, -0.1) is 5.73 Å². The van der Waals surface area contributed by atoms with Crippen LogP contribution in [0.2, 0.25) is 0 Å². The molecule has 0 aromatic carbocycles. The smallest absolute Gasteiger partial charge is 0.340 e. The fourth-order valence-corrected chi connectivity index (χ4v) is 3.50. The maximum atomic E-state index is 11.0. The zero-order chi connectivity index (χ0) is 20.9. The highest BCUT2D eigenvalue weighted by atomic mass is 16.4. The summed E-state index contributed by atoms with van der Waals surface area (Å²) in [5.41, 5.74) is 4.06. The highest BCUT2D eigenvalue weighted by Crippen LogP contribution is 2.43. The van der Waals surface area contributed by atoms with Crippen LogP contribution in [0.5, 0.6) is 0 Å². The van der Waals surface area contributed by atoms with E-state index < -0.39 is 11.9 Å². The van der Waals surface area contributed by atoms with Gasteiger partial charge in [-0.1, -0.05) is 78.0 Å². The molecule has 0 spiro atoms. The summed E-state index contributed by atoms with van der Waals surface area (Å²) in [4.78, 5) is 21.1. The number of carboxylic acids is 2. The average molecular weight is 379 g/mol. The molecule has 4 nitrogen and oxygen atoms in total. The summed E-state index contributed by atoms with van der Waals surface area (Å²) in [6, 6.07) is 0. The first-order chi connectivity index (χ1) is 12.6. The van der Waals surface area contributed by atoms with Crippen LogP contribution in [0, 0.1) is 11.3 Å². The van der Waals surface area contributed by atoms with Crippen molar-refractivity contribution in [2.45, 2.75) is 91.4 Å². The van der Waals surface area contributed by atoms with Gasteiger partial charge in [-0.3, -0.25) is 4.79 Å². The third-order valence-corrected chi connectivity index (χ3v) is 5.07. The molecule has 0 aromatic rings. The summed E-state index contributed by atoms with van der Waals surface area (Å²) in [7, 11) is 0. The molecule has 1 unspecified atom stereocenters. The number of aliphatic carboxylic acids is 2. The van der Waals surface area contributed by atoms with Crippen LogP contribution >= 0.6 is 0 Å². The number of carboxylic acid groups (broad SMARTS) is 2. The Hall–Kier alpha value is -1.80. The van der Waals surface area contributed by atoms with E-state index in [1.807, 2.05) is 0 Å². The molecule has 0 amide bonds. The first-order valence-electron chi connectivity index (χ1n) is 10.2. The standard InChI is InChI=1S/C13H18O2.C10H20O2/c1-5-10(12(14)15)11-6-7-13(3,4)8-9(11)2;1-2-3-4-5-6-7-8-9-10(11)12/h11H,1-2,6-8H2,3-4H3,(H,14,15);2-9H2,1H3,(H,11,12). The van der Waals surface area contributed by atoms with Crippen LogP contribution in [0.15, 0.2) is 30.0 Å². The normalized spacial score (nSPS) is 18.0. The highest BCUT2D eigenvalue weighted by molar-refractivity contribution is 5.87. The summed E-state index contributed by atoms with van der Waals surface area (Å²) in [5.74, 6) is -1.65. The average Bonchev–Trinajstić information content (AvgIpc) is 2.56. The third kappa shape index (κ3) is 11.5. The predicted molar refractivity (Wildman–Crippen MR) is 111 cm³/mol. The van der Waals surface area contributed by atoms with Gasteiger partial charge in [-0.05, 0) is 31.1 Å². The molecule has 27 heavy (non-hydrogen) atoms. The van der Waals surface area contributed by atoms with Gasteiger partial charge in [0.2, 0.25) is 0 Å². The summed E-state index contributed by atoms with van der Waals surface area (Å²) in [6.45, 7) is 14.0. The van der Waals surface area contributed by atoms with Crippen molar-refractivity contribution in [1.82, 2.24) is 0 Å². The number of hydrogen-bond acceptors (Lipinski definition) is 2. The quantitative estimate of drug-likeness (QED) is 0.200. The lowest BCUT2D eigenvalue weighted by molar-refractivity contribution is -0.137. The van der Waals surface area contributed by atoms with Gasteiger partial charge in [-0.2, -0.15) is 0 Å². The number of carbonyl (C=O) groups is 2. The molecular formula is C23H38O4. The fraction of sp³-hybridized carbons (Fsp3) is 0.696. The molecule has 154 valence electrons. The van der Waals surface area contributed by atoms with Crippen LogP contribution in [-0.4, -0.2) is 22.2 Å². The van der Waals surface area contributed by atoms with E-state index in [9.17, 15) is 9.59 Å². The van der Waals surface area contributed by atoms with Crippen molar-refractivity contribution in [3.8, 4) is 0 Å². The van der Waals surface area contributed by atoms with Gasteiger partial charge < -0.3 is 10.2 Å². The largest absolute Gasteiger partial charge is 0.481 e. The number of hydrogen-bond donors (Lipinski definition) is 2. The third-order valence-electron chi connectivity index (χ3n) is 5.07. The molecule has 1 aliphatic rings. The number of rotatable bonds is 10. The number of allylic oxidation sites excluding steroid dienone is 1. The van der Waals surface area contributed by atoms with E-state index in [2.05, 4.69) is 39.7 Å². The highest BCUT2D eigenvalue weighted by Gasteiger charge is 2.33. The van der Waals surface area contributed by atoms with E-state index in [0.29, 0.717) is 6.42 Å². The first kappa shape index (κ1) is 25.2. The maximum Gasteiger partial charge on any atom is 0.340 e. The van der Waals surface area contributed by atoms with Crippen LogP contribution in [0.1, 0.15) is 91.4 Å². The van der Waals surface area contributed by atoms with Crippen molar-refractivity contribution in [1.29, 1.82) is 0 Å². The Balaban J connectivity index is 0.000000516. The predicted octanol–water partition coefficient (Wildman–Crippen LogP) is 6.38. The molecule has 0 radical (unpaired) electrons. The monoisotopic (exact) mass is 378 g/mol. The van der Waals surface area contributed by atoms with Crippen molar-refractivity contribution in [2.75, 3.05) is 0 Å². The number of unbranched alkanes of at least 4 members (excludes halogenated alkanes) is 6. The van der Waals surface area contributed by atoms with Gasteiger partial charge >= 0.3 is 11.9 Å². The summed E-state index contributed by atoms with van der Waals surface area (Å²) < 4.78 is 0. The SMILES string of the molecule is C=C=C(C(=O)O)C1CCC(C)(C)CC1=C.CCCCCCCCCC(=O)O. The summed E-state index contributed by atoms with van der Waals surface area (Å²) >= 11 is 0. The molecule has 0 aromatic heterocycles. The molecule has 1 atom stereocenters. The second-order valence-electron chi connectivity index (χ2n) is 8.25.